The molecule has 9 heteroatoms. The molecular weight excluding hydrogens is 386 g/mol. The zero-order chi connectivity index (χ0) is 20.7. The fraction of sp³-hybridized carbons (Fsp3) is 0.474. The van der Waals surface area contributed by atoms with Crippen LogP contribution in [0.1, 0.15) is 56.5 Å². The number of furan rings is 1. The van der Waals surface area contributed by atoms with Gasteiger partial charge in [0.2, 0.25) is 10.0 Å². The number of ketones is 1. The highest BCUT2D eigenvalue weighted by Gasteiger charge is 2.23. The van der Waals surface area contributed by atoms with Gasteiger partial charge in [0, 0.05) is 12.3 Å². The summed E-state index contributed by atoms with van der Waals surface area (Å²) in [7, 11) is -4.10. The minimum Gasteiger partial charge on any atom is -0.490 e. The third kappa shape index (κ3) is 5.56. The minimum absolute atomic E-state index is 0.00341. The minimum atomic E-state index is -4.10. The van der Waals surface area contributed by atoms with E-state index in [1.54, 1.807) is 0 Å². The Morgan fingerprint density at radius 2 is 1.89 bits per heavy atom. The molecule has 0 spiro atoms. The fourth-order valence-electron chi connectivity index (χ4n) is 2.72. The summed E-state index contributed by atoms with van der Waals surface area (Å²) in [5, 5.41) is 8.90. The number of hydrogen-bond donors (Lipinski definition) is 2. The van der Waals surface area contributed by atoms with Crippen molar-refractivity contribution in [1.29, 1.82) is 0 Å². The van der Waals surface area contributed by atoms with E-state index in [4.69, 9.17) is 14.3 Å². The lowest BCUT2D eigenvalue weighted by molar-refractivity contribution is -0.135. The summed E-state index contributed by atoms with van der Waals surface area (Å²) in [6, 6.07) is 4.11. The number of carboxylic acid groups (broad SMARTS) is 1. The Balaban J connectivity index is 2.31. The van der Waals surface area contributed by atoms with Crippen LogP contribution in [0.3, 0.4) is 0 Å². The number of carbonyl (C=O) groups excluding carboxylic acids is 1. The highest BCUT2D eigenvalue weighted by atomic mass is 32.2. The first-order valence-corrected chi connectivity index (χ1v) is 10.7. The van der Waals surface area contributed by atoms with E-state index in [-0.39, 0.29) is 27.4 Å². The summed E-state index contributed by atoms with van der Waals surface area (Å²) in [5.74, 6) is -1.32. The molecule has 154 valence electrons. The molecule has 0 saturated carbocycles. The first kappa shape index (κ1) is 21.9. The number of ether oxygens (including phenoxy) is 1. The van der Waals surface area contributed by atoms with E-state index in [9.17, 15) is 18.0 Å². The van der Waals surface area contributed by atoms with Crippen LogP contribution in [0.25, 0.3) is 11.0 Å². The second kappa shape index (κ2) is 9.70. The predicted octanol–water partition coefficient (Wildman–Crippen LogP) is 3.35. The van der Waals surface area contributed by atoms with E-state index in [1.165, 1.54) is 31.5 Å². The van der Waals surface area contributed by atoms with Gasteiger partial charge in [-0.05, 0) is 24.6 Å². The first-order valence-electron chi connectivity index (χ1n) is 9.18. The average molecular weight is 411 g/mol. The Kier molecular flexibility index (Phi) is 7.59. The van der Waals surface area contributed by atoms with Crippen molar-refractivity contribution in [2.75, 3.05) is 13.2 Å². The number of aliphatic carboxylic acids is 1. The molecule has 1 aromatic heterocycles. The molecule has 0 unspecified atom stereocenters. The fourth-order valence-corrected chi connectivity index (χ4v) is 3.87. The summed E-state index contributed by atoms with van der Waals surface area (Å²) in [5.41, 5.74) is 0.150. The van der Waals surface area contributed by atoms with Gasteiger partial charge in [0.1, 0.15) is 6.54 Å². The molecule has 1 aromatic carbocycles. The van der Waals surface area contributed by atoms with E-state index in [1.807, 2.05) is 4.72 Å². The van der Waals surface area contributed by atoms with E-state index in [0.29, 0.717) is 12.4 Å². The molecule has 8 nitrogen and oxygen atoms in total. The number of nitrogens with one attached hydrogen (secondary N) is 1. The van der Waals surface area contributed by atoms with Crippen LogP contribution in [-0.2, 0) is 14.8 Å². The normalized spacial score (nSPS) is 11.6. The van der Waals surface area contributed by atoms with Crippen LogP contribution < -0.4 is 9.46 Å². The summed E-state index contributed by atoms with van der Waals surface area (Å²) < 4.78 is 38.2. The SMILES string of the molecule is CCCCCCCOc1ccc(S(=O)(=O)NCC(=O)O)c2cc(C(C)=O)oc12. The number of unbranched alkanes of at least 4 members (excludes halogenated alkanes) is 4. The molecule has 0 bridgehead atoms. The highest BCUT2D eigenvalue weighted by Crippen LogP contribution is 2.34. The molecule has 0 aliphatic rings. The standard InChI is InChI=1S/C19H25NO7S/c1-3-4-5-6-7-10-26-15-8-9-17(28(24,25)20-12-18(22)23)14-11-16(13(2)21)27-19(14)15/h8-9,11,20H,3-7,10,12H2,1-2H3,(H,22,23). The third-order valence-electron chi connectivity index (χ3n) is 4.16. The van der Waals surface area contributed by atoms with Crippen molar-refractivity contribution < 1.29 is 32.3 Å². The maximum absolute atomic E-state index is 12.5. The Morgan fingerprint density at radius 1 is 1.18 bits per heavy atom. The van der Waals surface area contributed by atoms with Crippen molar-refractivity contribution in [3.63, 3.8) is 0 Å². The number of fused-ring (bicyclic) bond motifs is 1. The van der Waals surface area contributed by atoms with Crippen molar-refractivity contribution >= 4 is 32.7 Å². The maximum atomic E-state index is 12.5. The molecule has 28 heavy (non-hydrogen) atoms. The van der Waals surface area contributed by atoms with Crippen molar-refractivity contribution in [2.24, 2.45) is 0 Å². The largest absolute Gasteiger partial charge is 0.490 e. The van der Waals surface area contributed by atoms with Gasteiger partial charge in [0.25, 0.3) is 0 Å². The molecule has 0 radical (unpaired) electrons. The summed E-state index contributed by atoms with van der Waals surface area (Å²) in [6.45, 7) is 3.13. The molecule has 0 aliphatic heterocycles. The monoisotopic (exact) mass is 411 g/mol. The summed E-state index contributed by atoms with van der Waals surface area (Å²) >= 11 is 0. The van der Waals surface area contributed by atoms with Gasteiger partial charge < -0.3 is 14.3 Å². The van der Waals surface area contributed by atoms with Crippen LogP contribution in [0.5, 0.6) is 5.75 Å². The van der Waals surface area contributed by atoms with Gasteiger partial charge in [0.15, 0.2) is 22.9 Å². The molecule has 0 aliphatic carbocycles. The Bertz CT molecular complexity index is 947. The topological polar surface area (TPSA) is 123 Å². The molecule has 0 saturated heterocycles. The molecule has 2 aromatic rings. The molecule has 0 amide bonds. The van der Waals surface area contributed by atoms with Gasteiger partial charge in [-0.3, -0.25) is 9.59 Å². The van der Waals surface area contributed by atoms with Gasteiger partial charge in [-0.2, -0.15) is 4.72 Å². The van der Waals surface area contributed by atoms with Gasteiger partial charge in [0.05, 0.1) is 11.5 Å². The van der Waals surface area contributed by atoms with E-state index < -0.39 is 22.5 Å². The number of carboxylic acids is 1. The number of Topliss-reactive ketones (excluding diaryl/α,β-unsaturated/α-hetero) is 1. The zero-order valence-electron chi connectivity index (χ0n) is 16.0. The van der Waals surface area contributed by atoms with Crippen molar-refractivity contribution in [3.8, 4) is 5.75 Å². The van der Waals surface area contributed by atoms with E-state index in [2.05, 4.69) is 6.92 Å². The number of rotatable bonds is 12. The van der Waals surface area contributed by atoms with Crippen LogP contribution >= 0.6 is 0 Å². The molecular formula is C19H25NO7S. The quantitative estimate of drug-likeness (QED) is 0.405. The first-order chi connectivity index (χ1) is 13.3. The van der Waals surface area contributed by atoms with Crippen LogP contribution in [0.15, 0.2) is 27.5 Å². The van der Waals surface area contributed by atoms with Gasteiger partial charge in [-0.25, -0.2) is 8.42 Å². The molecule has 2 N–H and O–H groups in total. The third-order valence-corrected chi connectivity index (χ3v) is 5.62. The number of hydrogen-bond acceptors (Lipinski definition) is 6. The molecule has 2 rings (SSSR count). The molecule has 1 heterocycles. The smallest absolute Gasteiger partial charge is 0.318 e. The predicted molar refractivity (Wildman–Crippen MR) is 103 cm³/mol. The average Bonchev–Trinajstić information content (AvgIpc) is 3.08. The van der Waals surface area contributed by atoms with Crippen molar-refractivity contribution in [2.45, 2.75) is 50.8 Å². The van der Waals surface area contributed by atoms with Gasteiger partial charge in [-0.15, -0.1) is 0 Å². The zero-order valence-corrected chi connectivity index (χ0v) is 16.8. The van der Waals surface area contributed by atoms with E-state index >= 15 is 0 Å². The Hall–Kier alpha value is -2.39. The summed E-state index contributed by atoms with van der Waals surface area (Å²) in [4.78, 5) is 22.2. The second-order valence-electron chi connectivity index (χ2n) is 6.45. The Labute approximate surface area is 163 Å². The number of benzene rings is 1. The lowest BCUT2D eigenvalue weighted by atomic mass is 10.2. The van der Waals surface area contributed by atoms with Crippen LogP contribution in [-0.4, -0.2) is 38.4 Å². The molecule has 0 atom stereocenters. The van der Waals surface area contributed by atoms with Crippen LogP contribution in [0.2, 0.25) is 0 Å². The number of sulfonamides is 1. The van der Waals surface area contributed by atoms with Crippen LogP contribution in [0.4, 0.5) is 0 Å². The van der Waals surface area contributed by atoms with Crippen molar-refractivity contribution in [1.82, 2.24) is 4.72 Å². The second-order valence-corrected chi connectivity index (χ2v) is 8.19. The lowest BCUT2D eigenvalue weighted by Crippen LogP contribution is -2.29. The van der Waals surface area contributed by atoms with Gasteiger partial charge in [-0.1, -0.05) is 32.6 Å². The maximum Gasteiger partial charge on any atom is 0.318 e. The lowest BCUT2D eigenvalue weighted by Gasteiger charge is -2.10. The molecule has 0 fully saturated rings. The summed E-state index contributed by atoms with van der Waals surface area (Å²) in [6.07, 6.45) is 5.31. The van der Waals surface area contributed by atoms with Crippen LogP contribution in [0, 0.1) is 0 Å². The highest BCUT2D eigenvalue weighted by molar-refractivity contribution is 7.89. The van der Waals surface area contributed by atoms with E-state index in [0.717, 1.165) is 25.7 Å². The van der Waals surface area contributed by atoms with Crippen molar-refractivity contribution in [3.05, 3.63) is 24.0 Å². The Morgan fingerprint density at radius 3 is 2.54 bits per heavy atom. The number of carbonyl (C=O) groups is 2. The van der Waals surface area contributed by atoms with Gasteiger partial charge >= 0.3 is 5.97 Å².